The van der Waals surface area contributed by atoms with E-state index in [9.17, 15) is 0 Å². The van der Waals surface area contributed by atoms with E-state index in [1.165, 1.54) is 72.8 Å². The molecule has 3 rings (SSSR count). The smallest absolute Gasteiger partial charge is 0.0490 e. The molecule has 1 saturated carbocycles. The summed E-state index contributed by atoms with van der Waals surface area (Å²) < 4.78 is 5.32. The van der Waals surface area contributed by atoms with Crippen LogP contribution in [0.25, 0.3) is 11.1 Å². The molecule has 0 aromatic heterocycles. The molecule has 1 fully saturated rings. The lowest BCUT2D eigenvalue weighted by Gasteiger charge is -2.28. The highest BCUT2D eigenvalue weighted by Crippen LogP contribution is 2.37. The summed E-state index contributed by atoms with van der Waals surface area (Å²) in [6.45, 7) is 20.1. The van der Waals surface area contributed by atoms with E-state index < -0.39 is 0 Å². The van der Waals surface area contributed by atoms with Gasteiger partial charge in [0.15, 0.2) is 0 Å². The number of nitrogens with two attached hydrogens (primary N) is 1. The summed E-state index contributed by atoms with van der Waals surface area (Å²) in [5.41, 5.74) is 13.8. The number of nitrogen functional groups attached to an aromatic ring is 1. The van der Waals surface area contributed by atoms with Crippen molar-refractivity contribution in [1.82, 2.24) is 0 Å². The van der Waals surface area contributed by atoms with Gasteiger partial charge in [0, 0.05) is 19.4 Å². The predicted octanol–water partition coefficient (Wildman–Crippen LogP) is 11.6. The summed E-state index contributed by atoms with van der Waals surface area (Å²) >= 11 is 2.15. The molecule has 2 aromatic rings. The minimum atomic E-state index is 0.457. The van der Waals surface area contributed by atoms with Crippen LogP contribution in [0.3, 0.4) is 0 Å². The van der Waals surface area contributed by atoms with Gasteiger partial charge in [0.2, 0.25) is 0 Å². The number of methoxy groups -OCH3 is 1. The minimum Gasteiger partial charge on any atom is -0.398 e. The Labute approximate surface area is 245 Å². The third-order valence-electron chi connectivity index (χ3n) is 6.61. The van der Waals surface area contributed by atoms with Gasteiger partial charge >= 0.3 is 0 Å². The molecule has 3 heteroatoms. The van der Waals surface area contributed by atoms with Crippen molar-refractivity contribution in [3.8, 4) is 11.1 Å². The standard InChI is InChI=1S/C24H33NO.C4H10.C3H8.C2H6.CH3I/c1-16(2)22-13-14-23(17(3)24(22)25)21-11-9-20(10-12-21)19-7-5-18(6-8-19)15-26-4;1-3-4-2;1-3-2;2*1-2/h9-14,16,18-19H,5-8,15,25H2,1-4H3;3-4H2,1-2H3;3H2,1-2H3;1-2H3;1H3. The number of halogens is 1. The van der Waals surface area contributed by atoms with Crippen LogP contribution in [0, 0.1) is 12.8 Å². The zero-order valence-electron chi connectivity index (χ0n) is 26.2. The van der Waals surface area contributed by atoms with E-state index in [1.807, 2.05) is 25.9 Å². The average molecular weight is 626 g/mol. The van der Waals surface area contributed by atoms with Gasteiger partial charge in [-0.1, -0.05) is 134 Å². The Kier molecular flexibility index (Phi) is 24.7. The highest BCUT2D eigenvalue weighted by Gasteiger charge is 2.22. The first-order valence-corrected chi connectivity index (χ1v) is 16.9. The number of hydrogen-bond acceptors (Lipinski definition) is 2. The molecule has 2 aromatic carbocycles. The van der Waals surface area contributed by atoms with Crippen molar-refractivity contribution < 1.29 is 4.74 Å². The molecule has 0 amide bonds. The molecule has 0 atom stereocenters. The van der Waals surface area contributed by atoms with E-state index in [4.69, 9.17) is 10.5 Å². The van der Waals surface area contributed by atoms with Crippen molar-refractivity contribution in [1.29, 1.82) is 0 Å². The second-order valence-electron chi connectivity index (χ2n) is 9.90. The molecule has 0 heterocycles. The first-order chi connectivity index (χ1) is 17.8. The van der Waals surface area contributed by atoms with Crippen LogP contribution in [-0.4, -0.2) is 18.6 Å². The molecule has 2 N–H and O–H groups in total. The van der Waals surface area contributed by atoms with Crippen LogP contribution in [0.5, 0.6) is 0 Å². The number of anilines is 1. The second-order valence-corrected chi connectivity index (χ2v) is 9.90. The summed E-state index contributed by atoms with van der Waals surface area (Å²) in [6, 6.07) is 13.6. The second kappa shape index (κ2) is 24.0. The van der Waals surface area contributed by atoms with Gasteiger partial charge in [0.05, 0.1) is 0 Å². The molecule has 1 aliphatic carbocycles. The minimum absolute atomic E-state index is 0.457. The van der Waals surface area contributed by atoms with E-state index in [-0.39, 0.29) is 0 Å². The summed E-state index contributed by atoms with van der Waals surface area (Å²) in [6.07, 6.45) is 9.02. The Morgan fingerprint density at radius 1 is 0.865 bits per heavy atom. The van der Waals surface area contributed by atoms with Crippen molar-refractivity contribution in [2.24, 2.45) is 5.92 Å². The molecule has 0 radical (unpaired) electrons. The maximum atomic E-state index is 6.40. The molecule has 0 bridgehead atoms. The summed E-state index contributed by atoms with van der Waals surface area (Å²) in [4.78, 5) is 1.97. The Hall–Kier alpha value is -1.07. The summed E-state index contributed by atoms with van der Waals surface area (Å²) in [7, 11) is 1.81. The van der Waals surface area contributed by atoms with Gasteiger partial charge in [-0.05, 0) is 83.1 Å². The number of unbranched alkanes of at least 4 members (excludes halogenated alkanes) is 1. The van der Waals surface area contributed by atoms with Gasteiger partial charge in [0.1, 0.15) is 0 Å². The van der Waals surface area contributed by atoms with Gasteiger partial charge in [-0.25, -0.2) is 0 Å². The maximum Gasteiger partial charge on any atom is 0.0490 e. The molecule has 0 spiro atoms. The Morgan fingerprint density at radius 3 is 1.76 bits per heavy atom. The zero-order chi connectivity index (χ0) is 28.8. The van der Waals surface area contributed by atoms with Crippen LogP contribution in [0.1, 0.15) is 129 Å². The van der Waals surface area contributed by atoms with E-state index in [0.717, 1.165) is 18.2 Å². The molecule has 0 saturated heterocycles. The lowest BCUT2D eigenvalue weighted by Crippen LogP contribution is -2.17. The Morgan fingerprint density at radius 2 is 1.35 bits per heavy atom. The average Bonchev–Trinajstić information content (AvgIpc) is 2.93. The molecular formula is C34H60INO. The van der Waals surface area contributed by atoms with Crippen molar-refractivity contribution in [2.75, 3.05) is 24.4 Å². The normalized spacial score (nSPS) is 16.0. The van der Waals surface area contributed by atoms with Crippen molar-refractivity contribution in [2.45, 2.75) is 119 Å². The van der Waals surface area contributed by atoms with E-state index in [0.29, 0.717) is 11.8 Å². The quantitative estimate of drug-likeness (QED) is 0.197. The summed E-state index contributed by atoms with van der Waals surface area (Å²) in [5.74, 6) is 1.91. The third kappa shape index (κ3) is 14.0. The number of benzene rings is 2. The fourth-order valence-electron chi connectivity index (χ4n) is 4.40. The molecule has 2 nitrogen and oxygen atoms in total. The van der Waals surface area contributed by atoms with E-state index >= 15 is 0 Å². The number of hydrogen-bond donors (Lipinski definition) is 1. The van der Waals surface area contributed by atoms with Gasteiger partial charge in [0.25, 0.3) is 0 Å². The Bertz CT molecular complexity index is 775. The SMILES string of the molecule is CC.CCC.CCCC.CI.COCC1CCC(c2ccc(-c3ccc(C(C)C)c(N)c3C)cc2)CC1. The monoisotopic (exact) mass is 625 g/mol. The van der Waals surface area contributed by atoms with Gasteiger partial charge in [-0.15, -0.1) is 0 Å². The first-order valence-electron chi connectivity index (χ1n) is 14.7. The molecule has 37 heavy (non-hydrogen) atoms. The fourth-order valence-corrected chi connectivity index (χ4v) is 4.40. The summed E-state index contributed by atoms with van der Waals surface area (Å²) in [5, 5.41) is 0. The van der Waals surface area contributed by atoms with Crippen molar-refractivity contribution in [3.63, 3.8) is 0 Å². The number of rotatable bonds is 6. The predicted molar refractivity (Wildman–Crippen MR) is 180 cm³/mol. The van der Waals surface area contributed by atoms with E-state index in [2.05, 4.69) is 107 Å². The maximum absolute atomic E-state index is 6.40. The molecule has 1 aliphatic rings. The van der Waals surface area contributed by atoms with Crippen LogP contribution in [0.4, 0.5) is 5.69 Å². The molecule has 0 aliphatic heterocycles. The van der Waals surface area contributed by atoms with Crippen LogP contribution in [0.15, 0.2) is 36.4 Å². The highest BCUT2D eigenvalue weighted by atomic mass is 127. The van der Waals surface area contributed by atoms with Crippen LogP contribution >= 0.6 is 22.6 Å². The molecule has 214 valence electrons. The highest BCUT2D eigenvalue weighted by molar-refractivity contribution is 14.1. The topological polar surface area (TPSA) is 35.2 Å². The third-order valence-corrected chi connectivity index (χ3v) is 6.61. The molecular weight excluding hydrogens is 565 g/mol. The van der Waals surface area contributed by atoms with Gasteiger partial charge in [-0.2, -0.15) is 0 Å². The van der Waals surface area contributed by atoms with Gasteiger partial charge in [-0.3, -0.25) is 0 Å². The lowest BCUT2D eigenvalue weighted by molar-refractivity contribution is 0.127. The lowest BCUT2D eigenvalue weighted by atomic mass is 9.78. The van der Waals surface area contributed by atoms with Crippen LogP contribution in [0.2, 0.25) is 0 Å². The van der Waals surface area contributed by atoms with Crippen molar-refractivity contribution in [3.05, 3.63) is 53.1 Å². The Balaban J connectivity index is 0. The van der Waals surface area contributed by atoms with E-state index in [1.54, 1.807) is 0 Å². The molecule has 0 unspecified atom stereocenters. The fraction of sp³-hybridized carbons (Fsp3) is 0.647. The van der Waals surface area contributed by atoms with Gasteiger partial charge < -0.3 is 10.5 Å². The zero-order valence-corrected chi connectivity index (χ0v) is 28.4. The largest absolute Gasteiger partial charge is 0.398 e. The van der Waals surface area contributed by atoms with Crippen LogP contribution < -0.4 is 5.73 Å². The number of alkyl halides is 1. The first kappa shape index (κ1) is 38.1. The van der Waals surface area contributed by atoms with Crippen molar-refractivity contribution >= 4 is 28.3 Å². The van der Waals surface area contributed by atoms with Crippen LogP contribution in [-0.2, 0) is 4.74 Å². The number of ether oxygens (including phenoxy) is 1.